The molecular formula is C17H26F2N6O. The van der Waals surface area contributed by atoms with Gasteiger partial charge >= 0.3 is 6.03 Å². The number of carbonyl (C=O) groups excluding carboxylic acids is 1. The Kier molecular flexibility index (Phi) is 5.55. The number of anilines is 1. The number of likely N-dealkylation sites (tertiary alicyclic amines) is 1. The van der Waals surface area contributed by atoms with Gasteiger partial charge in [0.25, 0.3) is 0 Å². The molecule has 9 heteroatoms. The van der Waals surface area contributed by atoms with Gasteiger partial charge in [-0.25, -0.2) is 23.5 Å². The van der Waals surface area contributed by atoms with Crippen LogP contribution >= 0.6 is 0 Å². The molecule has 1 aromatic rings. The largest absolute Gasteiger partial charge is 0.384 e. The van der Waals surface area contributed by atoms with E-state index in [0.717, 1.165) is 6.42 Å². The number of halogens is 2. The number of likely N-dealkylation sites (N-methyl/N-ethyl adjacent to an activating group) is 1. The van der Waals surface area contributed by atoms with Crippen molar-refractivity contribution in [1.29, 1.82) is 0 Å². The van der Waals surface area contributed by atoms with Crippen LogP contribution in [0.25, 0.3) is 0 Å². The molecule has 1 aromatic heterocycles. The maximum Gasteiger partial charge on any atom is 0.317 e. The van der Waals surface area contributed by atoms with E-state index >= 15 is 0 Å². The summed E-state index contributed by atoms with van der Waals surface area (Å²) in [5.74, 6) is -1.49. The van der Waals surface area contributed by atoms with Crippen molar-refractivity contribution >= 4 is 11.8 Å². The Morgan fingerprint density at radius 3 is 2.85 bits per heavy atom. The number of hydrogen-bond donors (Lipinski definition) is 2. The lowest BCUT2D eigenvalue weighted by atomic mass is 9.92. The summed E-state index contributed by atoms with van der Waals surface area (Å²) in [5.41, 5.74) is 5.68. The van der Waals surface area contributed by atoms with Crippen LogP contribution in [0.15, 0.2) is 12.3 Å². The van der Waals surface area contributed by atoms with E-state index < -0.39 is 5.92 Å². The molecule has 2 fully saturated rings. The van der Waals surface area contributed by atoms with Crippen molar-refractivity contribution < 1.29 is 13.6 Å². The molecule has 1 atom stereocenters. The van der Waals surface area contributed by atoms with E-state index in [2.05, 4.69) is 20.2 Å². The highest BCUT2D eigenvalue weighted by Gasteiger charge is 2.36. The summed E-state index contributed by atoms with van der Waals surface area (Å²) in [7, 11) is 1.97. The Labute approximate surface area is 152 Å². The Morgan fingerprint density at radius 2 is 2.15 bits per heavy atom. The minimum atomic E-state index is -2.58. The molecule has 0 spiro atoms. The van der Waals surface area contributed by atoms with Crippen LogP contribution in [-0.4, -0.2) is 63.9 Å². The van der Waals surface area contributed by atoms with Crippen molar-refractivity contribution in [3.63, 3.8) is 0 Å². The van der Waals surface area contributed by atoms with Gasteiger partial charge in [0, 0.05) is 44.2 Å². The summed E-state index contributed by atoms with van der Waals surface area (Å²) in [6.45, 7) is 1.82. The van der Waals surface area contributed by atoms with E-state index in [1.54, 1.807) is 17.2 Å². The van der Waals surface area contributed by atoms with Crippen molar-refractivity contribution in [2.24, 2.45) is 0 Å². The molecule has 0 aromatic carbocycles. The minimum Gasteiger partial charge on any atom is -0.384 e. The third-order valence-electron chi connectivity index (χ3n) is 5.24. The lowest BCUT2D eigenvalue weighted by molar-refractivity contribution is -0.0397. The van der Waals surface area contributed by atoms with E-state index in [4.69, 9.17) is 5.73 Å². The number of alkyl halides is 2. The number of rotatable bonds is 4. The molecule has 1 aliphatic heterocycles. The van der Waals surface area contributed by atoms with E-state index in [1.165, 1.54) is 0 Å². The fraction of sp³-hybridized carbons (Fsp3) is 0.706. The Bertz CT molecular complexity index is 633. The molecule has 7 nitrogen and oxygen atoms in total. The maximum absolute atomic E-state index is 13.2. The summed E-state index contributed by atoms with van der Waals surface area (Å²) in [6, 6.07) is 1.55. The second-order valence-electron chi connectivity index (χ2n) is 7.28. The van der Waals surface area contributed by atoms with Gasteiger partial charge in [0.05, 0.1) is 6.54 Å². The highest BCUT2D eigenvalue weighted by molar-refractivity contribution is 5.74. The van der Waals surface area contributed by atoms with Crippen LogP contribution in [0.1, 0.15) is 37.9 Å². The van der Waals surface area contributed by atoms with Crippen molar-refractivity contribution in [3.05, 3.63) is 18.1 Å². The first kappa shape index (κ1) is 18.8. The Balaban J connectivity index is 1.46. The average molecular weight is 368 g/mol. The molecule has 1 unspecified atom stereocenters. The van der Waals surface area contributed by atoms with Crippen molar-refractivity contribution in [2.45, 2.75) is 56.7 Å². The van der Waals surface area contributed by atoms with Gasteiger partial charge in [-0.2, -0.15) is 0 Å². The quantitative estimate of drug-likeness (QED) is 0.847. The first-order chi connectivity index (χ1) is 12.3. The molecule has 1 aliphatic carbocycles. The number of aromatic nitrogens is 2. The molecular weight excluding hydrogens is 342 g/mol. The van der Waals surface area contributed by atoms with Gasteiger partial charge < -0.3 is 16.0 Å². The number of nitrogen functional groups attached to an aromatic ring is 1. The normalized spacial score (nSPS) is 23.4. The fourth-order valence-electron chi connectivity index (χ4n) is 3.58. The third-order valence-corrected chi connectivity index (χ3v) is 5.24. The fourth-order valence-corrected chi connectivity index (χ4v) is 3.58. The molecule has 144 valence electrons. The highest BCUT2D eigenvalue weighted by Crippen LogP contribution is 2.33. The van der Waals surface area contributed by atoms with Crippen LogP contribution in [0.5, 0.6) is 0 Å². The Hall–Kier alpha value is -2.03. The van der Waals surface area contributed by atoms with Gasteiger partial charge in [0.2, 0.25) is 5.92 Å². The van der Waals surface area contributed by atoms with Gasteiger partial charge in [-0.1, -0.05) is 0 Å². The SMILES string of the molecule is CN(Cc1nccc(N)n1)C1CCN(C(=O)NC2CCC(F)(F)CC2)C1. The van der Waals surface area contributed by atoms with Crippen LogP contribution < -0.4 is 11.1 Å². The molecule has 1 saturated carbocycles. The van der Waals surface area contributed by atoms with Crippen molar-refractivity contribution in [3.8, 4) is 0 Å². The first-order valence-electron chi connectivity index (χ1n) is 9.03. The maximum atomic E-state index is 13.2. The summed E-state index contributed by atoms with van der Waals surface area (Å²) in [5, 5.41) is 2.91. The molecule has 3 N–H and O–H groups in total. The molecule has 3 rings (SSSR count). The standard InChI is InChI=1S/C17H26F2N6O/c1-24(11-15-21-8-4-14(20)23-15)13-5-9-25(10-13)16(26)22-12-2-6-17(18,19)7-3-12/h4,8,12-13H,2-3,5-7,9-11H2,1H3,(H,22,26)(H2,20,21,23). The summed E-state index contributed by atoms with van der Waals surface area (Å²) >= 11 is 0. The zero-order chi connectivity index (χ0) is 18.7. The van der Waals surface area contributed by atoms with E-state index in [0.29, 0.717) is 44.1 Å². The number of nitrogens with two attached hydrogens (primary N) is 1. The van der Waals surface area contributed by atoms with Crippen molar-refractivity contribution in [1.82, 2.24) is 25.1 Å². The molecule has 0 bridgehead atoms. The molecule has 0 radical (unpaired) electrons. The van der Waals surface area contributed by atoms with Crippen LogP contribution in [0.3, 0.4) is 0 Å². The summed E-state index contributed by atoms with van der Waals surface area (Å²) in [4.78, 5) is 24.7. The van der Waals surface area contributed by atoms with Crippen LogP contribution in [0.2, 0.25) is 0 Å². The second-order valence-corrected chi connectivity index (χ2v) is 7.28. The highest BCUT2D eigenvalue weighted by atomic mass is 19.3. The lowest BCUT2D eigenvalue weighted by Crippen LogP contribution is -2.47. The van der Waals surface area contributed by atoms with Gasteiger partial charge in [-0.3, -0.25) is 4.90 Å². The number of amides is 2. The topological polar surface area (TPSA) is 87.4 Å². The van der Waals surface area contributed by atoms with Crippen LogP contribution in [0, 0.1) is 0 Å². The van der Waals surface area contributed by atoms with Gasteiger partial charge in [-0.15, -0.1) is 0 Å². The smallest absolute Gasteiger partial charge is 0.317 e. The Morgan fingerprint density at radius 1 is 1.42 bits per heavy atom. The summed E-state index contributed by atoms with van der Waals surface area (Å²) in [6.07, 6.45) is 2.86. The van der Waals surface area contributed by atoms with Crippen LogP contribution in [-0.2, 0) is 6.54 Å². The van der Waals surface area contributed by atoms with Crippen LogP contribution in [0.4, 0.5) is 19.4 Å². The molecule has 1 saturated heterocycles. The van der Waals surface area contributed by atoms with Gasteiger partial charge in [0.15, 0.2) is 0 Å². The zero-order valence-corrected chi connectivity index (χ0v) is 15.0. The predicted octanol–water partition coefficient (Wildman–Crippen LogP) is 1.85. The van der Waals surface area contributed by atoms with Gasteiger partial charge in [-0.05, 0) is 32.4 Å². The number of hydrogen-bond acceptors (Lipinski definition) is 5. The predicted molar refractivity (Wildman–Crippen MR) is 93.6 cm³/mol. The average Bonchev–Trinajstić information content (AvgIpc) is 3.07. The minimum absolute atomic E-state index is 0.149. The number of urea groups is 1. The van der Waals surface area contributed by atoms with Crippen molar-refractivity contribution in [2.75, 3.05) is 25.9 Å². The number of nitrogens with zero attached hydrogens (tertiary/aromatic N) is 4. The monoisotopic (exact) mass is 368 g/mol. The summed E-state index contributed by atoms with van der Waals surface area (Å²) < 4.78 is 26.4. The molecule has 26 heavy (non-hydrogen) atoms. The van der Waals surface area contributed by atoms with Gasteiger partial charge in [0.1, 0.15) is 11.6 Å². The lowest BCUT2D eigenvalue weighted by Gasteiger charge is -2.30. The molecule has 2 aliphatic rings. The zero-order valence-electron chi connectivity index (χ0n) is 15.0. The second kappa shape index (κ2) is 7.69. The molecule has 2 heterocycles. The van der Waals surface area contributed by atoms with E-state index in [1.807, 2.05) is 7.05 Å². The number of nitrogens with one attached hydrogen (secondary N) is 1. The first-order valence-corrected chi connectivity index (χ1v) is 9.03. The third kappa shape index (κ3) is 4.78. The number of carbonyl (C=O) groups is 1. The van der Waals surface area contributed by atoms with E-state index in [9.17, 15) is 13.6 Å². The van der Waals surface area contributed by atoms with E-state index in [-0.39, 0.29) is 31.0 Å². The molecule has 2 amide bonds.